The third kappa shape index (κ3) is 2.72. The summed E-state index contributed by atoms with van der Waals surface area (Å²) in [4.78, 5) is 16.5. The highest BCUT2D eigenvalue weighted by Crippen LogP contribution is 2.21. The number of nitrogens with one attached hydrogen (secondary N) is 1. The number of hydrogen-bond acceptors (Lipinski definition) is 4. The molecule has 2 saturated heterocycles. The Labute approximate surface area is 119 Å². The molecule has 5 nitrogen and oxygen atoms in total. The van der Waals surface area contributed by atoms with Gasteiger partial charge in [0.1, 0.15) is 5.75 Å². The van der Waals surface area contributed by atoms with Crippen molar-refractivity contribution < 1.29 is 9.90 Å². The van der Waals surface area contributed by atoms with Gasteiger partial charge in [-0.05, 0) is 31.5 Å². The van der Waals surface area contributed by atoms with E-state index in [0.717, 1.165) is 51.3 Å². The van der Waals surface area contributed by atoms with Gasteiger partial charge in [-0.25, -0.2) is 0 Å². The van der Waals surface area contributed by atoms with Gasteiger partial charge in [-0.2, -0.15) is 0 Å². The Balaban J connectivity index is 1.58. The fourth-order valence-corrected chi connectivity index (χ4v) is 2.99. The lowest BCUT2D eigenvalue weighted by molar-refractivity contribution is -0.133. The Kier molecular flexibility index (Phi) is 3.78. The minimum Gasteiger partial charge on any atom is -0.508 e. The summed E-state index contributed by atoms with van der Waals surface area (Å²) in [6.07, 6.45) is 2.06. The molecule has 0 aromatic heterocycles. The molecule has 2 fully saturated rings. The van der Waals surface area contributed by atoms with Crippen molar-refractivity contribution in [3.63, 3.8) is 0 Å². The molecule has 0 bridgehead atoms. The molecule has 20 heavy (non-hydrogen) atoms. The van der Waals surface area contributed by atoms with Gasteiger partial charge in [0.05, 0.1) is 6.04 Å². The van der Waals surface area contributed by atoms with Crippen LogP contribution in [0.5, 0.6) is 5.75 Å². The van der Waals surface area contributed by atoms with E-state index in [0.29, 0.717) is 0 Å². The first-order valence-corrected chi connectivity index (χ1v) is 7.30. The highest BCUT2D eigenvalue weighted by molar-refractivity contribution is 5.82. The van der Waals surface area contributed by atoms with Crippen molar-refractivity contribution in [3.05, 3.63) is 24.3 Å². The number of carbonyl (C=O) groups excluding carboxylic acids is 1. The molecule has 1 unspecified atom stereocenters. The number of aromatic hydroxyl groups is 1. The number of phenols is 1. The molecule has 0 saturated carbocycles. The lowest BCUT2D eigenvalue weighted by Gasteiger charge is -2.37. The molecule has 108 valence electrons. The molecular weight excluding hydrogens is 254 g/mol. The Hall–Kier alpha value is -1.75. The normalized spacial score (nSPS) is 23.1. The number of nitrogens with zero attached hydrogens (tertiary/aromatic N) is 2. The molecule has 1 aromatic carbocycles. The number of hydrogen-bond donors (Lipinski definition) is 2. The zero-order valence-electron chi connectivity index (χ0n) is 11.6. The van der Waals surface area contributed by atoms with Gasteiger partial charge in [0.15, 0.2) is 0 Å². The summed E-state index contributed by atoms with van der Waals surface area (Å²) in [7, 11) is 0. The number of amides is 1. The van der Waals surface area contributed by atoms with E-state index in [1.54, 1.807) is 12.1 Å². The van der Waals surface area contributed by atoms with Gasteiger partial charge in [-0.15, -0.1) is 0 Å². The second-order valence-electron chi connectivity index (χ2n) is 5.48. The standard InChI is InChI=1S/C15H21N3O2/c19-13-4-1-3-12(11-13)17-7-9-18(10-8-17)15(20)14-5-2-6-16-14/h1,3-4,11,14,16,19H,2,5-10H2. The maximum Gasteiger partial charge on any atom is 0.239 e. The van der Waals surface area contributed by atoms with Crippen molar-refractivity contribution >= 4 is 11.6 Å². The number of carbonyl (C=O) groups is 1. The van der Waals surface area contributed by atoms with Crippen LogP contribution >= 0.6 is 0 Å². The van der Waals surface area contributed by atoms with Gasteiger partial charge in [0.25, 0.3) is 0 Å². The van der Waals surface area contributed by atoms with Crippen LogP contribution in [0.25, 0.3) is 0 Å². The van der Waals surface area contributed by atoms with E-state index in [1.807, 2.05) is 17.0 Å². The van der Waals surface area contributed by atoms with Crippen LogP contribution in [0.4, 0.5) is 5.69 Å². The third-order valence-corrected chi connectivity index (χ3v) is 4.14. The molecule has 1 amide bonds. The Morgan fingerprint density at radius 2 is 2.05 bits per heavy atom. The summed E-state index contributed by atoms with van der Waals surface area (Å²) in [5, 5.41) is 12.8. The highest BCUT2D eigenvalue weighted by atomic mass is 16.3. The summed E-state index contributed by atoms with van der Waals surface area (Å²) < 4.78 is 0. The van der Waals surface area contributed by atoms with Gasteiger partial charge in [0, 0.05) is 37.9 Å². The first kappa shape index (κ1) is 13.2. The van der Waals surface area contributed by atoms with Gasteiger partial charge >= 0.3 is 0 Å². The second kappa shape index (κ2) is 5.71. The monoisotopic (exact) mass is 275 g/mol. The van der Waals surface area contributed by atoms with Gasteiger partial charge in [-0.3, -0.25) is 4.79 Å². The largest absolute Gasteiger partial charge is 0.508 e. The van der Waals surface area contributed by atoms with E-state index >= 15 is 0 Å². The SMILES string of the molecule is O=C(C1CCCN1)N1CCN(c2cccc(O)c2)CC1. The summed E-state index contributed by atoms with van der Waals surface area (Å²) >= 11 is 0. The maximum absolute atomic E-state index is 12.3. The van der Waals surface area contributed by atoms with Crippen molar-refractivity contribution in [2.24, 2.45) is 0 Å². The number of rotatable bonds is 2. The molecule has 2 aliphatic heterocycles. The number of piperazine rings is 1. The summed E-state index contributed by atoms with van der Waals surface area (Å²) in [5.41, 5.74) is 1.02. The first-order chi connectivity index (χ1) is 9.74. The number of benzene rings is 1. The zero-order valence-corrected chi connectivity index (χ0v) is 11.6. The average molecular weight is 275 g/mol. The minimum absolute atomic E-state index is 0.0299. The number of anilines is 1. The van der Waals surface area contributed by atoms with Crippen LogP contribution in [0.3, 0.4) is 0 Å². The van der Waals surface area contributed by atoms with Crippen molar-refractivity contribution in [1.82, 2.24) is 10.2 Å². The Morgan fingerprint density at radius 3 is 2.70 bits per heavy atom. The molecule has 0 aliphatic carbocycles. The van der Waals surface area contributed by atoms with E-state index in [2.05, 4.69) is 10.2 Å². The van der Waals surface area contributed by atoms with E-state index in [4.69, 9.17) is 0 Å². The van der Waals surface area contributed by atoms with Crippen LogP contribution in [0.2, 0.25) is 0 Å². The van der Waals surface area contributed by atoms with Crippen molar-refractivity contribution in [1.29, 1.82) is 0 Å². The van der Waals surface area contributed by atoms with Crippen LogP contribution in [0, 0.1) is 0 Å². The topological polar surface area (TPSA) is 55.8 Å². The van der Waals surface area contributed by atoms with Gasteiger partial charge < -0.3 is 20.2 Å². The molecule has 3 rings (SSSR count). The van der Waals surface area contributed by atoms with E-state index in [9.17, 15) is 9.90 Å². The fourth-order valence-electron chi connectivity index (χ4n) is 2.99. The number of phenolic OH excluding ortho intramolecular Hbond substituents is 1. The molecule has 0 radical (unpaired) electrons. The molecule has 0 spiro atoms. The molecule has 1 aromatic rings. The fraction of sp³-hybridized carbons (Fsp3) is 0.533. The van der Waals surface area contributed by atoms with Crippen LogP contribution in [-0.2, 0) is 4.79 Å². The molecule has 2 heterocycles. The lowest BCUT2D eigenvalue weighted by atomic mass is 10.1. The lowest BCUT2D eigenvalue weighted by Crippen LogP contribution is -2.53. The molecule has 5 heteroatoms. The molecule has 2 N–H and O–H groups in total. The summed E-state index contributed by atoms with van der Waals surface area (Å²) in [6.45, 7) is 4.11. The quantitative estimate of drug-likeness (QED) is 0.838. The predicted molar refractivity (Wildman–Crippen MR) is 77.9 cm³/mol. The van der Waals surface area contributed by atoms with Crippen LogP contribution < -0.4 is 10.2 Å². The average Bonchev–Trinajstić information content (AvgIpc) is 3.01. The molecular formula is C15H21N3O2. The third-order valence-electron chi connectivity index (χ3n) is 4.14. The first-order valence-electron chi connectivity index (χ1n) is 7.30. The predicted octanol–water partition coefficient (Wildman–Crippen LogP) is 0.793. The molecule has 1 atom stereocenters. The van der Waals surface area contributed by atoms with E-state index in [1.165, 1.54) is 0 Å². The van der Waals surface area contributed by atoms with Crippen LogP contribution in [0.1, 0.15) is 12.8 Å². The van der Waals surface area contributed by atoms with Gasteiger partial charge in [0.2, 0.25) is 5.91 Å². The summed E-state index contributed by atoms with van der Waals surface area (Å²) in [6, 6.07) is 7.33. The van der Waals surface area contributed by atoms with Crippen molar-refractivity contribution in [2.75, 3.05) is 37.6 Å². The zero-order chi connectivity index (χ0) is 13.9. The molecule has 2 aliphatic rings. The van der Waals surface area contributed by atoms with Crippen LogP contribution in [-0.4, -0.2) is 54.7 Å². The Bertz CT molecular complexity index is 478. The highest BCUT2D eigenvalue weighted by Gasteiger charge is 2.29. The van der Waals surface area contributed by atoms with Gasteiger partial charge in [-0.1, -0.05) is 6.07 Å². The van der Waals surface area contributed by atoms with Crippen LogP contribution in [0.15, 0.2) is 24.3 Å². The van der Waals surface area contributed by atoms with E-state index < -0.39 is 0 Å². The maximum atomic E-state index is 12.3. The summed E-state index contributed by atoms with van der Waals surface area (Å²) in [5.74, 6) is 0.536. The van der Waals surface area contributed by atoms with E-state index in [-0.39, 0.29) is 17.7 Å². The second-order valence-corrected chi connectivity index (χ2v) is 5.48. The smallest absolute Gasteiger partial charge is 0.239 e. The minimum atomic E-state index is 0.0299. The van der Waals surface area contributed by atoms with Crippen molar-refractivity contribution in [3.8, 4) is 5.75 Å². The Morgan fingerprint density at radius 1 is 1.25 bits per heavy atom. The van der Waals surface area contributed by atoms with Crippen molar-refractivity contribution in [2.45, 2.75) is 18.9 Å².